The lowest BCUT2D eigenvalue weighted by Crippen LogP contribution is -2.50. The molecule has 2 aromatic heterocycles. The van der Waals surface area contributed by atoms with Crippen molar-refractivity contribution in [1.29, 1.82) is 0 Å². The van der Waals surface area contributed by atoms with Crippen LogP contribution in [0.1, 0.15) is 13.8 Å². The van der Waals surface area contributed by atoms with Crippen molar-refractivity contribution < 1.29 is 18.7 Å². The second kappa shape index (κ2) is 11.6. The predicted octanol–water partition coefficient (Wildman–Crippen LogP) is 4.73. The van der Waals surface area contributed by atoms with Gasteiger partial charge in [-0.25, -0.2) is 23.7 Å². The first kappa shape index (κ1) is 28.1. The lowest BCUT2D eigenvalue weighted by atomic mass is 10.0. The number of nitrogens with zero attached hydrogens (tertiary/aromatic N) is 5. The van der Waals surface area contributed by atoms with Crippen LogP contribution in [0.15, 0.2) is 67.5 Å². The molecule has 9 nitrogen and oxygen atoms in total. The number of hydrogen-bond donors (Lipinski definition) is 3. The Hall–Kier alpha value is -4.48. The van der Waals surface area contributed by atoms with Crippen molar-refractivity contribution >= 4 is 40.0 Å². The number of aliphatic hydroxyl groups is 1. The lowest BCUT2D eigenvalue weighted by Gasteiger charge is -2.38. The van der Waals surface area contributed by atoms with Crippen LogP contribution in [0.25, 0.3) is 22.0 Å². The fourth-order valence-electron chi connectivity index (χ4n) is 4.90. The number of carbonyl (C=O) groups is 1. The molecule has 2 aromatic carbocycles. The van der Waals surface area contributed by atoms with Gasteiger partial charge in [0.15, 0.2) is 0 Å². The molecule has 0 atom stereocenters. The molecule has 0 radical (unpaired) electrons. The van der Waals surface area contributed by atoms with E-state index < -0.39 is 17.3 Å². The highest BCUT2D eigenvalue weighted by Crippen LogP contribution is 2.32. The van der Waals surface area contributed by atoms with Gasteiger partial charge in [0.25, 0.3) is 0 Å². The molecule has 1 aliphatic heterocycles. The van der Waals surface area contributed by atoms with E-state index in [-0.39, 0.29) is 23.1 Å². The summed E-state index contributed by atoms with van der Waals surface area (Å²) in [6.45, 7) is 10.3. The number of fused-ring (bicyclic) bond motifs is 1. The minimum absolute atomic E-state index is 0.172. The Kier molecular flexibility index (Phi) is 7.91. The van der Waals surface area contributed by atoms with E-state index in [1.165, 1.54) is 18.3 Å². The fourth-order valence-corrected chi connectivity index (χ4v) is 4.90. The van der Waals surface area contributed by atoms with Crippen molar-refractivity contribution in [1.82, 2.24) is 19.9 Å². The predicted molar refractivity (Wildman–Crippen MR) is 156 cm³/mol. The van der Waals surface area contributed by atoms with Gasteiger partial charge in [0.2, 0.25) is 11.9 Å². The zero-order valence-corrected chi connectivity index (χ0v) is 22.9. The van der Waals surface area contributed by atoms with E-state index >= 15 is 8.78 Å². The minimum atomic E-state index is -0.775. The van der Waals surface area contributed by atoms with E-state index in [9.17, 15) is 9.90 Å². The van der Waals surface area contributed by atoms with E-state index in [0.717, 1.165) is 19.2 Å². The number of amides is 1. The second-order valence-electron chi connectivity index (χ2n) is 10.5. The minimum Gasteiger partial charge on any atom is -0.389 e. The van der Waals surface area contributed by atoms with E-state index in [2.05, 4.69) is 37.1 Å². The Morgan fingerprint density at radius 3 is 2.56 bits per heavy atom. The summed E-state index contributed by atoms with van der Waals surface area (Å²) in [6, 6.07) is 10.9. The fraction of sp³-hybridized carbons (Fsp3) is 0.267. The van der Waals surface area contributed by atoms with Crippen LogP contribution >= 0.6 is 0 Å². The van der Waals surface area contributed by atoms with E-state index in [1.54, 1.807) is 50.4 Å². The third kappa shape index (κ3) is 6.64. The van der Waals surface area contributed by atoms with Crippen molar-refractivity contribution in [2.45, 2.75) is 19.4 Å². The van der Waals surface area contributed by atoms with Gasteiger partial charge in [0.1, 0.15) is 17.5 Å². The number of halogens is 2. The average Bonchev–Trinajstić information content (AvgIpc) is 2.93. The number of aromatic nitrogens is 3. The van der Waals surface area contributed by atoms with Crippen LogP contribution in [0.5, 0.6) is 0 Å². The van der Waals surface area contributed by atoms with Crippen molar-refractivity contribution in [2.24, 2.45) is 0 Å². The SMILES string of the molecule is C=CC(=O)Nc1cc(-c2c(F)ccc3cnc(Nc4ccc(N5CCN(CC(C)(C)O)CC5)c(F)c4)nc23)ccn1. The first-order chi connectivity index (χ1) is 19.6. The van der Waals surface area contributed by atoms with Crippen molar-refractivity contribution in [2.75, 3.05) is 48.3 Å². The van der Waals surface area contributed by atoms with Gasteiger partial charge in [-0.1, -0.05) is 6.58 Å². The molecule has 3 N–H and O–H groups in total. The number of piperazine rings is 1. The number of anilines is 4. The molecule has 0 spiro atoms. The quantitative estimate of drug-likeness (QED) is 0.266. The van der Waals surface area contributed by atoms with Gasteiger partial charge in [0, 0.05) is 61.8 Å². The third-order valence-corrected chi connectivity index (χ3v) is 6.71. The molecule has 5 rings (SSSR count). The van der Waals surface area contributed by atoms with Crippen LogP contribution in [0.2, 0.25) is 0 Å². The van der Waals surface area contributed by atoms with Gasteiger partial charge in [-0.15, -0.1) is 0 Å². The molecule has 212 valence electrons. The molecule has 3 heterocycles. The highest BCUT2D eigenvalue weighted by molar-refractivity contribution is 5.99. The van der Waals surface area contributed by atoms with Gasteiger partial charge in [-0.05, 0) is 68.0 Å². The number of pyridine rings is 1. The molecule has 1 saturated heterocycles. The Bertz CT molecular complexity index is 1600. The maximum atomic E-state index is 15.2. The number of rotatable bonds is 8. The summed E-state index contributed by atoms with van der Waals surface area (Å²) in [5, 5.41) is 16.3. The zero-order valence-electron chi connectivity index (χ0n) is 22.9. The Morgan fingerprint density at radius 2 is 1.85 bits per heavy atom. The molecule has 1 amide bonds. The number of carbonyl (C=O) groups excluding carboxylic acids is 1. The van der Waals surface area contributed by atoms with E-state index in [4.69, 9.17) is 0 Å². The normalized spacial score (nSPS) is 14.2. The maximum Gasteiger partial charge on any atom is 0.248 e. The van der Waals surface area contributed by atoms with Crippen LogP contribution in [-0.2, 0) is 4.79 Å². The summed E-state index contributed by atoms with van der Waals surface area (Å²) in [6.07, 6.45) is 4.14. The second-order valence-corrected chi connectivity index (χ2v) is 10.5. The average molecular weight is 560 g/mol. The molecule has 1 aliphatic rings. The summed E-state index contributed by atoms with van der Waals surface area (Å²) >= 11 is 0. The topological polar surface area (TPSA) is 107 Å². The molecule has 1 fully saturated rings. The first-order valence-corrected chi connectivity index (χ1v) is 13.2. The van der Waals surface area contributed by atoms with Gasteiger partial charge >= 0.3 is 0 Å². The van der Waals surface area contributed by atoms with Crippen LogP contribution in [-0.4, -0.2) is 69.2 Å². The van der Waals surface area contributed by atoms with Crippen molar-refractivity contribution in [3.63, 3.8) is 0 Å². The van der Waals surface area contributed by atoms with Crippen LogP contribution in [0.4, 0.5) is 31.9 Å². The molecule has 0 aliphatic carbocycles. The molecular formula is C30H31F2N7O2. The lowest BCUT2D eigenvalue weighted by molar-refractivity contribution is -0.111. The monoisotopic (exact) mass is 559 g/mol. The Labute approximate surface area is 236 Å². The van der Waals surface area contributed by atoms with E-state index in [1.807, 2.05) is 4.90 Å². The molecule has 0 saturated carbocycles. The highest BCUT2D eigenvalue weighted by Gasteiger charge is 2.24. The molecular weight excluding hydrogens is 528 g/mol. The molecule has 0 unspecified atom stereocenters. The van der Waals surface area contributed by atoms with Crippen molar-refractivity contribution in [3.05, 3.63) is 79.1 Å². The maximum absolute atomic E-state index is 15.2. The van der Waals surface area contributed by atoms with Crippen molar-refractivity contribution in [3.8, 4) is 11.1 Å². The van der Waals surface area contributed by atoms with Gasteiger partial charge < -0.3 is 20.6 Å². The number of nitrogens with one attached hydrogen (secondary N) is 2. The third-order valence-electron chi connectivity index (χ3n) is 6.71. The standard InChI is InChI=1S/C30H31F2N7O2/c1-4-26(40)36-25-15-19(9-10-33-25)27-22(31)7-5-20-17-34-29(37-28(20)27)35-21-6-8-24(23(32)16-21)39-13-11-38(12-14-39)18-30(2,3)41/h4-10,15-17,41H,1,11-14,18H2,2-3H3,(H,33,36,40)(H,34,35,37). The van der Waals surface area contributed by atoms with Gasteiger partial charge in [0.05, 0.1) is 16.8 Å². The van der Waals surface area contributed by atoms with Gasteiger partial charge in [-0.3, -0.25) is 9.69 Å². The highest BCUT2D eigenvalue weighted by atomic mass is 19.1. The zero-order chi connectivity index (χ0) is 29.1. The smallest absolute Gasteiger partial charge is 0.248 e. The first-order valence-electron chi connectivity index (χ1n) is 13.2. The van der Waals surface area contributed by atoms with Crippen LogP contribution in [0.3, 0.4) is 0 Å². The molecule has 11 heteroatoms. The van der Waals surface area contributed by atoms with E-state index in [0.29, 0.717) is 47.5 Å². The number of benzene rings is 2. The number of hydrogen-bond acceptors (Lipinski definition) is 8. The van der Waals surface area contributed by atoms with Crippen LogP contribution in [0, 0.1) is 11.6 Å². The molecule has 0 bridgehead atoms. The summed E-state index contributed by atoms with van der Waals surface area (Å²) in [4.78, 5) is 28.8. The molecule has 4 aromatic rings. The summed E-state index contributed by atoms with van der Waals surface area (Å²) in [5.74, 6) is -0.916. The summed E-state index contributed by atoms with van der Waals surface area (Å²) < 4.78 is 30.3. The summed E-state index contributed by atoms with van der Waals surface area (Å²) in [7, 11) is 0. The Balaban J connectivity index is 1.37. The number of β-amino-alcohol motifs (C(OH)–C–C–N with tert-alkyl or cyclic N) is 1. The van der Waals surface area contributed by atoms with Gasteiger partial charge in [-0.2, -0.15) is 0 Å². The summed E-state index contributed by atoms with van der Waals surface area (Å²) in [5.41, 5.74) is 1.19. The van der Waals surface area contributed by atoms with Crippen LogP contribution < -0.4 is 15.5 Å². The largest absolute Gasteiger partial charge is 0.389 e. The Morgan fingerprint density at radius 1 is 1.07 bits per heavy atom. The molecule has 41 heavy (non-hydrogen) atoms.